The Kier molecular flexibility index (Phi) is 6.98. The van der Waals surface area contributed by atoms with Gasteiger partial charge in [-0.3, -0.25) is 4.79 Å². The molecule has 5 aromatic rings. The van der Waals surface area contributed by atoms with E-state index in [-0.39, 0.29) is 12.4 Å². The molecule has 1 N–H and O–H groups in total. The summed E-state index contributed by atoms with van der Waals surface area (Å²) >= 11 is 0. The van der Waals surface area contributed by atoms with Crippen molar-refractivity contribution >= 4 is 22.8 Å². The Hall–Kier alpha value is -4.85. The molecule has 0 saturated heterocycles. The van der Waals surface area contributed by atoms with Crippen LogP contribution in [-0.4, -0.2) is 28.0 Å². The molecule has 0 fully saturated rings. The van der Waals surface area contributed by atoms with E-state index in [9.17, 15) is 9.59 Å². The lowest BCUT2D eigenvalue weighted by Gasteiger charge is -2.19. The first-order chi connectivity index (χ1) is 18.1. The van der Waals surface area contributed by atoms with E-state index in [0.29, 0.717) is 22.7 Å². The Bertz CT molecular complexity index is 1510. The summed E-state index contributed by atoms with van der Waals surface area (Å²) in [6.45, 7) is -0.379. The number of furan rings is 1. The van der Waals surface area contributed by atoms with Crippen LogP contribution in [0, 0.1) is 0 Å². The van der Waals surface area contributed by atoms with Crippen molar-refractivity contribution in [3.8, 4) is 5.75 Å². The summed E-state index contributed by atoms with van der Waals surface area (Å²) in [4.78, 5) is 30.3. The number of hydrogen-bond donors (Lipinski definition) is 1. The molecule has 1 amide bonds. The standard InChI is InChI=1S/C29H25N3O5/c1-32-17-16-30-28(32)26(20-10-4-2-5-11-20)31-25(33)19-36-29(34)27-23(18-35-21-12-6-3-7-13-21)22-14-8-9-15-24(22)37-27/h2-17,26H,18-19H2,1H3,(H,31,33). The van der Waals surface area contributed by atoms with E-state index in [1.807, 2.05) is 90.5 Å². The van der Waals surface area contributed by atoms with E-state index in [4.69, 9.17) is 13.9 Å². The molecule has 0 spiro atoms. The molecule has 2 aromatic heterocycles. The zero-order valence-electron chi connectivity index (χ0n) is 20.2. The first kappa shape index (κ1) is 23.9. The molecule has 1 atom stereocenters. The Labute approximate surface area is 213 Å². The van der Waals surface area contributed by atoms with Crippen molar-refractivity contribution < 1.29 is 23.5 Å². The molecular formula is C29H25N3O5. The van der Waals surface area contributed by atoms with Gasteiger partial charge in [-0.25, -0.2) is 9.78 Å². The molecular weight excluding hydrogens is 470 g/mol. The molecule has 0 bridgehead atoms. The molecule has 37 heavy (non-hydrogen) atoms. The fraction of sp³-hybridized carbons (Fsp3) is 0.138. The molecule has 8 heteroatoms. The van der Waals surface area contributed by atoms with Crippen LogP contribution in [0.4, 0.5) is 0 Å². The van der Waals surface area contributed by atoms with Crippen molar-refractivity contribution in [3.63, 3.8) is 0 Å². The normalized spacial score (nSPS) is 11.7. The lowest BCUT2D eigenvalue weighted by atomic mass is 10.1. The largest absolute Gasteiger partial charge is 0.489 e. The van der Waals surface area contributed by atoms with Gasteiger partial charge in [0.05, 0.1) is 5.56 Å². The molecule has 5 rings (SSSR count). The molecule has 2 heterocycles. The molecule has 0 saturated carbocycles. The number of esters is 1. The minimum absolute atomic E-state index is 0.00800. The quantitative estimate of drug-likeness (QED) is 0.295. The van der Waals surface area contributed by atoms with Crippen LogP contribution in [0.5, 0.6) is 5.75 Å². The Morgan fingerprint density at radius 1 is 0.973 bits per heavy atom. The number of fused-ring (bicyclic) bond motifs is 1. The van der Waals surface area contributed by atoms with E-state index >= 15 is 0 Å². The lowest BCUT2D eigenvalue weighted by Crippen LogP contribution is -2.34. The fourth-order valence-corrected chi connectivity index (χ4v) is 4.08. The van der Waals surface area contributed by atoms with Gasteiger partial charge >= 0.3 is 5.97 Å². The summed E-state index contributed by atoms with van der Waals surface area (Å²) < 4.78 is 18.9. The third-order valence-electron chi connectivity index (χ3n) is 5.90. The maximum absolute atomic E-state index is 13.0. The first-order valence-electron chi connectivity index (χ1n) is 11.8. The van der Waals surface area contributed by atoms with E-state index < -0.39 is 24.5 Å². The number of carbonyl (C=O) groups excluding carboxylic acids is 2. The molecule has 0 radical (unpaired) electrons. The summed E-state index contributed by atoms with van der Waals surface area (Å²) in [7, 11) is 1.85. The smallest absolute Gasteiger partial charge is 0.375 e. The lowest BCUT2D eigenvalue weighted by molar-refractivity contribution is -0.124. The molecule has 186 valence electrons. The van der Waals surface area contributed by atoms with Gasteiger partial charge in [-0.15, -0.1) is 0 Å². The number of benzene rings is 3. The molecule has 0 aliphatic heterocycles. The minimum atomic E-state index is -0.744. The second-order valence-electron chi connectivity index (χ2n) is 8.39. The van der Waals surface area contributed by atoms with Crippen LogP contribution < -0.4 is 10.1 Å². The second kappa shape index (κ2) is 10.8. The molecule has 1 unspecified atom stereocenters. The third-order valence-corrected chi connectivity index (χ3v) is 5.90. The molecule has 0 aliphatic carbocycles. The van der Waals surface area contributed by atoms with Gasteiger partial charge in [-0.05, 0) is 23.8 Å². The van der Waals surface area contributed by atoms with Gasteiger partial charge in [0.2, 0.25) is 5.76 Å². The van der Waals surface area contributed by atoms with Gasteiger partial charge in [-0.1, -0.05) is 66.7 Å². The highest BCUT2D eigenvalue weighted by molar-refractivity contribution is 5.97. The number of imidazole rings is 1. The SMILES string of the molecule is Cn1ccnc1C(NC(=O)COC(=O)c1oc2ccccc2c1COc1ccccc1)c1ccccc1. The molecule has 0 aliphatic rings. The zero-order chi connectivity index (χ0) is 25.6. The Morgan fingerprint density at radius 2 is 1.68 bits per heavy atom. The van der Waals surface area contributed by atoms with Crippen molar-refractivity contribution in [2.75, 3.05) is 6.61 Å². The average molecular weight is 496 g/mol. The number of carbonyl (C=O) groups is 2. The van der Waals surface area contributed by atoms with Gasteiger partial charge in [0, 0.05) is 24.8 Å². The van der Waals surface area contributed by atoms with Crippen molar-refractivity contribution in [3.05, 3.63) is 120 Å². The number of aromatic nitrogens is 2. The summed E-state index contributed by atoms with van der Waals surface area (Å²) in [6, 6.07) is 25.5. The predicted molar refractivity (Wildman–Crippen MR) is 137 cm³/mol. The highest BCUT2D eigenvalue weighted by Crippen LogP contribution is 2.28. The van der Waals surface area contributed by atoms with Gasteiger partial charge in [0.25, 0.3) is 5.91 Å². The summed E-state index contributed by atoms with van der Waals surface area (Å²) in [5.74, 6) is 0.111. The van der Waals surface area contributed by atoms with Crippen LogP contribution >= 0.6 is 0 Å². The van der Waals surface area contributed by atoms with Gasteiger partial charge in [0.15, 0.2) is 6.61 Å². The number of hydrogen-bond acceptors (Lipinski definition) is 6. The van der Waals surface area contributed by atoms with Crippen LogP contribution in [0.2, 0.25) is 0 Å². The highest BCUT2D eigenvalue weighted by Gasteiger charge is 2.25. The zero-order valence-corrected chi connectivity index (χ0v) is 20.2. The summed E-state index contributed by atoms with van der Waals surface area (Å²) in [5, 5.41) is 3.66. The van der Waals surface area contributed by atoms with Gasteiger partial charge in [-0.2, -0.15) is 0 Å². The van der Waals surface area contributed by atoms with E-state index in [0.717, 1.165) is 10.9 Å². The van der Waals surface area contributed by atoms with Crippen LogP contribution in [0.1, 0.15) is 33.5 Å². The van der Waals surface area contributed by atoms with E-state index in [2.05, 4.69) is 10.3 Å². The van der Waals surface area contributed by atoms with E-state index in [1.54, 1.807) is 18.5 Å². The number of nitrogens with zero attached hydrogens (tertiary/aromatic N) is 2. The van der Waals surface area contributed by atoms with Crippen molar-refractivity contribution in [1.82, 2.24) is 14.9 Å². The van der Waals surface area contributed by atoms with E-state index in [1.165, 1.54) is 0 Å². The number of amides is 1. The van der Waals surface area contributed by atoms with Crippen molar-refractivity contribution in [2.24, 2.45) is 7.05 Å². The second-order valence-corrected chi connectivity index (χ2v) is 8.39. The van der Waals surface area contributed by atoms with Crippen molar-refractivity contribution in [2.45, 2.75) is 12.6 Å². The number of aryl methyl sites for hydroxylation is 1. The highest BCUT2D eigenvalue weighted by atomic mass is 16.5. The van der Waals surface area contributed by atoms with Crippen LogP contribution in [-0.2, 0) is 23.2 Å². The molecule has 3 aromatic carbocycles. The van der Waals surface area contributed by atoms with Gasteiger partial charge in [0.1, 0.15) is 29.8 Å². The summed E-state index contributed by atoms with van der Waals surface area (Å²) in [5.41, 5.74) is 1.94. The van der Waals surface area contributed by atoms with Crippen LogP contribution in [0.3, 0.4) is 0 Å². The summed E-state index contributed by atoms with van der Waals surface area (Å²) in [6.07, 6.45) is 3.47. The number of nitrogens with one attached hydrogen (secondary N) is 1. The maximum atomic E-state index is 13.0. The van der Waals surface area contributed by atoms with Crippen LogP contribution in [0.25, 0.3) is 11.0 Å². The first-order valence-corrected chi connectivity index (χ1v) is 11.8. The monoisotopic (exact) mass is 495 g/mol. The number of rotatable bonds is 9. The average Bonchev–Trinajstić information content (AvgIpc) is 3.53. The molecule has 8 nitrogen and oxygen atoms in total. The Morgan fingerprint density at radius 3 is 2.41 bits per heavy atom. The van der Waals surface area contributed by atoms with Gasteiger partial charge < -0.3 is 23.8 Å². The third kappa shape index (κ3) is 5.38. The topological polar surface area (TPSA) is 95.6 Å². The Balaban J connectivity index is 1.30. The van der Waals surface area contributed by atoms with Crippen LogP contribution in [0.15, 0.2) is 102 Å². The predicted octanol–water partition coefficient (Wildman–Crippen LogP) is 4.81. The number of ether oxygens (including phenoxy) is 2. The van der Waals surface area contributed by atoms with Crippen molar-refractivity contribution in [1.29, 1.82) is 0 Å². The fourth-order valence-electron chi connectivity index (χ4n) is 4.08. The minimum Gasteiger partial charge on any atom is -0.489 e. The maximum Gasteiger partial charge on any atom is 0.375 e. The number of para-hydroxylation sites is 2.